The van der Waals surface area contributed by atoms with Gasteiger partial charge in [-0.05, 0) is 29.8 Å². The molecule has 1 heterocycles. The maximum atomic E-state index is 12.9. The van der Waals surface area contributed by atoms with Crippen LogP contribution >= 0.6 is 34.5 Å². The summed E-state index contributed by atoms with van der Waals surface area (Å²) in [5.41, 5.74) is 0.883. The Bertz CT molecular complexity index is 465. The SMILES string of the molecule is Fc1ccc(-c2ccc(Cl)s2)cc1Cl. The Kier molecular flexibility index (Phi) is 2.77. The third kappa shape index (κ3) is 1.92. The molecule has 0 atom stereocenters. The Morgan fingerprint density at radius 3 is 2.43 bits per heavy atom. The monoisotopic (exact) mass is 246 g/mol. The fraction of sp³-hybridized carbons (Fsp3) is 0. The van der Waals surface area contributed by atoms with E-state index in [1.165, 1.54) is 17.4 Å². The summed E-state index contributed by atoms with van der Waals surface area (Å²) < 4.78 is 13.6. The van der Waals surface area contributed by atoms with Gasteiger partial charge in [-0.25, -0.2) is 4.39 Å². The molecule has 4 heteroatoms. The molecule has 0 bridgehead atoms. The molecule has 0 aliphatic rings. The lowest BCUT2D eigenvalue weighted by molar-refractivity contribution is 0.628. The van der Waals surface area contributed by atoms with Gasteiger partial charge in [0.1, 0.15) is 5.82 Å². The lowest BCUT2D eigenvalue weighted by atomic mass is 10.2. The average Bonchev–Trinajstić information content (AvgIpc) is 2.57. The standard InChI is InChI=1S/C10H5Cl2FS/c11-7-5-6(1-2-8(7)13)9-3-4-10(12)14-9/h1-5H. The highest BCUT2D eigenvalue weighted by molar-refractivity contribution is 7.19. The summed E-state index contributed by atoms with van der Waals surface area (Å²) in [6.45, 7) is 0. The summed E-state index contributed by atoms with van der Waals surface area (Å²) >= 11 is 12.9. The highest BCUT2D eigenvalue weighted by atomic mass is 35.5. The van der Waals surface area contributed by atoms with Crippen LogP contribution in [0.3, 0.4) is 0 Å². The minimum atomic E-state index is -0.405. The van der Waals surface area contributed by atoms with Gasteiger partial charge in [0.15, 0.2) is 0 Å². The van der Waals surface area contributed by atoms with E-state index in [0.717, 1.165) is 10.4 Å². The number of halogens is 3. The molecule has 0 aliphatic carbocycles. The quantitative estimate of drug-likeness (QED) is 0.674. The largest absolute Gasteiger partial charge is 0.205 e. The smallest absolute Gasteiger partial charge is 0.141 e. The maximum absolute atomic E-state index is 12.9. The van der Waals surface area contributed by atoms with Gasteiger partial charge in [0.25, 0.3) is 0 Å². The van der Waals surface area contributed by atoms with Gasteiger partial charge in [0.05, 0.1) is 9.36 Å². The van der Waals surface area contributed by atoms with Gasteiger partial charge in [-0.15, -0.1) is 11.3 Å². The van der Waals surface area contributed by atoms with Gasteiger partial charge in [-0.1, -0.05) is 29.3 Å². The molecule has 0 N–H and O–H groups in total. The van der Waals surface area contributed by atoms with Crippen LogP contribution in [0.4, 0.5) is 4.39 Å². The van der Waals surface area contributed by atoms with Gasteiger partial charge in [-0.2, -0.15) is 0 Å². The van der Waals surface area contributed by atoms with Crippen LogP contribution in [0.5, 0.6) is 0 Å². The average molecular weight is 247 g/mol. The number of benzene rings is 1. The lowest BCUT2D eigenvalue weighted by Crippen LogP contribution is -1.77. The molecule has 0 aliphatic heterocycles. The van der Waals surface area contributed by atoms with E-state index in [1.807, 2.05) is 6.07 Å². The molecule has 0 fully saturated rings. The summed E-state index contributed by atoms with van der Waals surface area (Å²) in [4.78, 5) is 0.983. The Balaban J connectivity index is 2.47. The second kappa shape index (κ2) is 3.89. The van der Waals surface area contributed by atoms with Crippen molar-refractivity contribution in [2.75, 3.05) is 0 Å². The fourth-order valence-electron chi connectivity index (χ4n) is 1.12. The van der Waals surface area contributed by atoms with Gasteiger partial charge >= 0.3 is 0 Å². The van der Waals surface area contributed by atoms with Crippen molar-refractivity contribution in [1.29, 1.82) is 0 Å². The van der Waals surface area contributed by atoms with Crippen molar-refractivity contribution < 1.29 is 4.39 Å². The molecule has 0 unspecified atom stereocenters. The first-order valence-corrected chi connectivity index (χ1v) is 5.45. The Morgan fingerprint density at radius 2 is 1.86 bits per heavy atom. The van der Waals surface area contributed by atoms with Gasteiger partial charge < -0.3 is 0 Å². The van der Waals surface area contributed by atoms with Gasteiger partial charge in [-0.3, -0.25) is 0 Å². The lowest BCUT2D eigenvalue weighted by Gasteiger charge is -1.98. The van der Waals surface area contributed by atoms with E-state index in [4.69, 9.17) is 23.2 Å². The van der Waals surface area contributed by atoms with Crippen molar-refractivity contribution in [3.63, 3.8) is 0 Å². The van der Waals surface area contributed by atoms with Crippen molar-refractivity contribution in [2.45, 2.75) is 0 Å². The van der Waals surface area contributed by atoms with Crippen molar-refractivity contribution in [3.8, 4) is 10.4 Å². The molecule has 0 saturated heterocycles. The third-order valence-corrected chi connectivity index (χ3v) is 3.35. The minimum absolute atomic E-state index is 0.132. The summed E-state index contributed by atoms with van der Waals surface area (Å²) in [6, 6.07) is 8.32. The number of thiophene rings is 1. The van der Waals surface area contributed by atoms with Crippen LogP contribution in [-0.2, 0) is 0 Å². The molecule has 72 valence electrons. The van der Waals surface area contributed by atoms with Crippen LogP contribution in [-0.4, -0.2) is 0 Å². The zero-order valence-electron chi connectivity index (χ0n) is 6.93. The van der Waals surface area contributed by atoms with Crippen LogP contribution in [0.1, 0.15) is 0 Å². The predicted octanol–water partition coefficient (Wildman–Crippen LogP) is 4.86. The molecular formula is C10H5Cl2FS. The van der Waals surface area contributed by atoms with E-state index >= 15 is 0 Å². The summed E-state index contributed by atoms with van der Waals surface area (Å²) in [5, 5.41) is 0.132. The van der Waals surface area contributed by atoms with Crippen LogP contribution in [0.25, 0.3) is 10.4 Å². The number of hydrogen-bond donors (Lipinski definition) is 0. The molecule has 0 saturated carbocycles. The molecule has 2 aromatic rings. The van der Waals surface area contributed by atoms with E-state index in [9.17, 15) is 4.39 Å². The zero-order valence-corrected chi connectivity index (χ0v) is 9.26. The van der Waals surface area contributed by atoms with E-state index in [1.54, 1.807) is 18.2 Å². The van der Waals surface area contributed by atoms with Crippen molar-refractivity contribution >= 4 is 34.5 Å². The second-order valence-corrected chi connectivity index (χ2v) is 4.85. The van der Waals surface area contributed by atoms with Gasteiger partial charge in [0, 0.05) is 4.88 Å². The van der Waals surface area contributed by atoms with E-state index in [-0.39, 0.29) is 5.02 Å². The molecule has 0 radical (unpaired) electrons. The van der Waals surface area contributed by atoms with Gasteiger partial charge in [0.2, 0.25) is 0 Å². The van der Waals surface area contributed by atoms with Crippen LogP contribution in [0.2, 0.25) is 9.36 Å². The first-order chi connectivity index (χ1) is 6.66. The highest BCUT2D eigenvalue weighted by Gasteiger charge is 2.04. The third-order valence-electron chi connectivity index (χ3n) is 1.78. The molecule has 1 aromatic carbocycles. The Morgan fingerprint density at radius 1 is 1.07 bits per heavy atom. The first-order valence-electron chi connectivity index (χ1n) is 3.87. The van der Waals surface area contributed by atoms with Crippen molar-refractivity contribution in [3.05, 3.63) is 45.5 Å². The molecule has 0 spiro atoms. The van der Waals surface area contributed by atoms with E-state index in [2.05, 4.69) is 0 Å². The topological polar surface area (TPSA) is 0 Å². The maximum Gasteiger partial charge on any atom is 0.141 e. The summed E-state index contributed by atoms with van der Waals surface area (Å²) in [7, 11) is 0. The normalized spacial score (nSPS) is 10.5. The van der Waals surface area contributed by atoms with Crippen LogP contribution in [0.15, 0.2) is 30.3 Å². The minimum Gasteiger partial charge on any atom is -0.205 e. The van der Waals surface area contributed by atoms with E-state index < -0.39 is 5.82 Å². The van der Waals surface area contributed by atoms with E-state index in [0.29, 0.717) is 4.34 Å². The first kappa shape index (κ1) is 9.97. The van der Waals surface area contributed by atoms with Crippen molar-refractivity contribution in [2.24, 2.45) is 0 Å². The highest BCUT2D eigenvalue weighted by Crippen LogP contribution is 2.32. The predicted molar refractivity (Wildman–Crippen MR) is 59.7 cm³/mol. The number of hydrogen-bond acceptors (Lipinski definition) is 1. The fourth-order valence-corrected chi connectivity index (χ4v) is 2.34. The summed E-state index contributed by atoms with van der Waals surface area (Å²) in [5.74, 6) is -0.405. The Labute approximate surface area is 94.9 Å². The van der Waals surface area contributed by atoms with Crippen LogP contribution < -0.4 is 0 Å². The van der Waals surface area contributed by atoms with Crippen LogP contribution in [0, 0.1) is 5.82 Å². The van der Waals surface area contributed by atoms with Crippen molar-refractivity contribution in [1.82, 2.24) is 0 Å². The zero-order chi connectivity index (χ0) is 10.1. The molecule has 0 nitrogen and oxygen atoms in total. The molecule has 14 heavy (non-hydrogen) atoms. The molecule has 1 aromatic heterocycles. The molecular weight excluding hydrogens is 242 g/mol. The summed E-state index contributed by atoms with van der Waals surface area (Å²) in [6.07, 6.45) is 0. The number of rotatable bonds is 1. The second-order valence-electron chi connectivity index (χ2n) is 2.73. The molecule has 0 amide bonds. The molecule has 2 rings (SSSR count). The Hall–Kier alpha value is -0.570.